The molecule has 3 N–H and O–H groups in total. The van der Waals surface area contributed by atoms with Gasteiger partial charge in [0.25, 0.3) is 5.91 Å². The molecule has 0 aromatic heterocycles. The van der Waals surface area contributed by atoms with Crippen molar-refractivity contribution in [3.8, 4) is 5.75 Å². The van der Waals surface area contributed by atoms with E-state index >= 15 is 0 Å². The molecule has 0 radical (unpaired) electrons. The number of benzene rings is 2. The lowest BCUT2D eigenvalue weighted by Gasteiger charge is -2.30. The molecule has 0 spiro atoms. The van der Waals surface area contributed by atoms with E-state index in [0.29, 0.717) is 27.7 Å². The Hall–Kier alpha value is -3.44. The van der Waals surface area contributed by atoms with Gasteiger partial charge in [0, 0.05) is 29.8 Å². The lowest BCUT2D eigenvalue weighted by Crippen LogP contribution is -2.45. The highest BCUT2D eigenvalue weighted by molar-refractivity contribution is 9.10. The van der Waals surface area contributed by atoms with Crippen molar-refractivity contribution in [2.45, 2.75) is 19.9 Å². The van der Waals surface area contributed by atoms with E-state index in [9.17, 15) is 9.59 Å². The summed E-state index contributed by atoms with van der Waals surface area (Å²) in [7, 11) is 3.91. The summed E-state index contributed by atoms with van der Waals surface area (Å²) in [6, 6.07) is 12.3. The number of halogens is 1. The largest absolute Gasteiger partial charge is 0.483 e. The first-order valence-corrected chi connectivity index (χ1v) is 12.4. The van der Waals surface area contributed by atoms with Crippen LogP contribution in [-0.4, -0.2) is 50.5 Å². The molecular weight excluding hydrogens is 546 g/mol. The van der Waals surface area contributed by atoms with Gasteiger partial charge in [-0.25, -0.2) is 10.2 Å². The number of hydrogen-bond acceptors (Lipinski definition) is 7. The van der Waals surface area contributed by atoms with E-state index < -0.39 is 17.9 Å². The third-order valence-electron chi connectivity index (χ3n) is 5.21. The van der Waals surface area contributed by atoms with E-state index in [1.807, 2.05) is 43.3 Å². The second kappa shape index (κ2) is 12.5. The summed E-state index contributed by atoms with van der Waals surface area (Å²) in [5.74, 6) is -0.470. The molecule has 1 heterocycles. The van der Waals surface area contributed by atoms with Crippen LogP contribution in [-0.2, 0) is 14.3 Å². The fourth-order valence-corrected chi connectivity index (χ4v) is 4.60. The van der Waals surface area contributed by atoms with Gasteiger partial charge in [-0.3, -0.25) is 4.79 Å². The third kappa shape index (κ3) is 6.82. The van der Waals surface area contributed by atoms with Crippen LogP contribution in [0.4, 0.5) is 5.69 Å². The van der Waals surface area contributed by atoms with Gasteiger partial charge < -0.3 is 25.0 Å². The summed E-state index contributed by atoms with van der Waals surface area (Å²) in [4.78, 5) is 27.0. The minimum Gasteiger partial charge on any atom is -0.483 e. The molecule has 0 saturated carbocycles. The third-order valence-corrected chi connectivity index (χ3v) is 6.06. The molecule has 1 aliphatic rings. The van der Waals surface area contributed by atoms with Crippen LogP contribution in [0, 0.1) is 0 Å². The summed E-state index contributed by atoms with van der Waals surface area (Å²) < 4.78 is 12.0. The molecule has 36 heavy (non-hydrogen) atoms. The average molecular weight is 575 g/mol. The van der Waals surface area contributed by atoms with Gasteiger partial charge >= 0.3 is 5.97 Å². The highest BCUT2D eigenvalue weighted by Gasteiger charge is 2.32. The average Bonchev–Trinajstić information content (AvgIpc) is 2.82. The SMILES string of the molecule is CCOC(=O)C1=C(C)NC(=S)N[C@@H]1c1ccccc1OCC(=O)NN=Cc1ccc(N(C)C)c(Br)c1. The molecule has 1 aliphatic heterocycles. The Kier molecular flexibility index (Phi) is 9.43. The van der Waals surface area contributed by atoms with Crippen LogP contribution in [0.25, 0.3) is 0 Å². The van der Waals surface area contributed by atoms with Crippen molar-refractivity contribution in [3.63, 3.8) is 0 Å². The van der Waals surface area contributed by atoms with Crippen LogP contribution in [0.1, 0.15) is 31.0 Å². The Labute approximate surface area is 224 Å². The Morgan fingerprint density at radius 1 is 1.25 bits per heavy atom. The summed E-state index contributed by atoms with van der Waals surface area (Å²) >= 11 is 8.82. The number of amides is 1. The zero-order valence-electron chi connectivity index (χ0n) is 20.4. The van der Waals surface area contributed by atoms with Crippen molar-refractivity contribution in [1.29, 1.82) is 0 Å². The summed E-state index contributed by atoms with van der Waals surface area (Å²) in [5.41, 5.74) is 5.94. The Morgan fingerprint density at radius 2 is 2.00 bits per heavy atom. The van der Waals surface area contributed by atoms with E-state index in [2.05, 4.69) is 37.1 Å². The first-order valence-electron chi connectivity index (χ1n) is 11.2. The zero-order chi connectivity index (χ0) is 26.2. The molecule has 9 nitrogen and oxygen atoms in total. The Morgan fingerprint density at radius 3 is 2.69 bits per heavy atom. The lowest BCUT2D eigenvalue weighted by molar-refractivity contribution is -0.139. The van der Waals surface area contributed by atoms with Crippen LogP contribution < -0.4 is 25.7 Å². The summed E-state index contributed by atoms with van der Waals surface area (Å²) in [5, 5.41) is 10.4. The molecule has 2 aromatic carbocycles. The van der Waals surface area contributed by atoms with Crippen molar-refractivity contribution in [3.05, 3.63) is 69.3 Å². The number of nitrogens with one attached hydrogen (secondary N) is 3. The van der Waals surface area contributed by atoms with E-state index in [4.69, 9.17) is 21.7 Å². The summed E-state index contributed by atoms with van der Waals surface area (Å²) in [6.07, 6.45) is 1.55. The fraction of sp³-hybridized carbons (Fsp3) is 0.280. The van der Waals surface area contributed by atoms with Gasteiger partial charge in [0.2, 0.25) is 0 Å². The number of carbonyl (C=O) groups is 2. The molecule has 0 aliphatic carbocycles. The maximum absolute atomic E-state index is 12.7. The molecule has 0 bridgehead atoms. The molecule has 1 atom stereocenters. The highest BCUT2D eigenvalue weighted by atomic mass is 79.9. The molecule has 0 fully saturated rings. The van der Waals surface area contributed by atoms with E-state index in [-0.39, 0.29) is 13.2 Å². The topological polar surface area (TPSA) is 104 Å². The number of hydrazone groups is 1. The predicted molar refractivity (Wildman–Crippen MR) is 147 cm³/mol. The molecule has 2 aromatic rings. The maximum Gasteiger partial charge on any atom is 0.338 e. The predicted octanol–water partition coefficient (Wildman–Crippen LogP) is 3.40. The van der Waals surface area contributed by atoms with Gasteiger partial charge in [0.05, 0.1) is 30.1 Å². The molecule has 0 saturated heterocycles. The number of anilines is 1. The number of ether oxygens (including phenoxy) is 2. The normalized spacial score (nSPS) is 15.2. The number of carbonyl (C=O) groups excluding carboxylic acids is 2. The minimum absolute atomic E-state index is 0.238. The number of esters is 1. The Bertz CT molecular complexity index is 1210. The summed E-state index contributed by atoms with van der Waals surface area (Å²) in [6.45, 7) is 3.47. The van der Waals surface area contributed by atoms with Crippen molar-refractivity contribution < 1.29 is 19.1 Å². The molecule has 190 valence electrons. The maximum atomic E-state index is 12.7. The van der Waals surface area contributed by atoms with Crippen molar-refractivity contribution in [2.75, 3.05) is 32.2 Å². The molecule has 3 rings (SSSR count). The number of thiocarbonyl (C=S) groups is 1. The quantitative estimate of drug-likeness (QED) is 0.181. The van der Waals surface area contributed by atoms with Gasteiger partial charge in [0.1, 0.15) is 5.75 Å². The van der Waals surface area contributed by atoms with E-state index in [1.165, 1.54) is 0 Å². The monoisotopic (exact) mass is 573 g/mol. The number of hydrogen-bond donors (Lipinski definition) is 3. The van der Waals surface area contributed by atoms with Crippen LogP contribution >= 0.6 is 28.1 Å². The van der Waals surface area contributed by atoms with E-state index in [0.717, 1.165) is 15.7 Å². The van der Waals surface area contributed by atoms with Gasteiger partial charge in [-0.1, -0.05) is 24.3 Å². The first-order chi connectivity index (χ1) is 17.2. The van der Waals surface area contributed by atoms with Gasteiger partial charge in [-0.05, 0) is 65.8 Å². The van der Waals surface area contributed by atoms with Crippen LogP contribution in [0.2, 0.25) is 0 Å². The zero-order valence-corrected chi connectivity index (χ0v) is 22.8. The first kappa shape index (κ1) is 27.2. The van der Waals surface area contributed by atoms with Gasteiger partial charge in [0.15, 0.2) is 11.7 Å². The van der Waals surface area contributed by atoms with Crippen LogP contribution in [0.5, 0.6) is 5.75 Å². The van der Waals surface area contributed by atoms with Crippen LogP contribution in [0.3, 0.4) is 0 Å². The smallest absolute Gasteiger partial charge is 0.338 e. The van der Waals surface area contributed by atoms with Crippen molar-refractivity contribution >= 4 is 57.0 Å². The second-order valence-corrected chi connectivity index (χ2v) is 9.28. The molecular formula is C25H28BrN5O4S. The minimum atomic E-state index is -0.598. The lowest BCUT2D eigenvalue weighted by atomic mass is 9.95. The molecule has 11 heteroatoms. The number of nitrogens with zero attached hydrogens (tertiary/aromatic N) is 2. The Balaban J connectivity index is 1.69. The number of para-hydroxylation sites is 1. The number of rotatable bonds is 9. The van der Waals surface area contributed by atoms with E-state index in [1.54, 1.807) is 38.3 Å². The fourth-order valence-electron chi connectivity index (χ4n) is 3.58. The molecule has 1 amide bonds. The van der Waals surface area contributed by atoms with Gasteiger partial charge in [-0.2, -0.15) is 5.10 Å². The molecule has 0 unspecified atom stereocenters. The highest BCUT2D eigenvalue weighted by Crippen LogP contribution is 2.33. The standard InChI is InChI=1S/C25H28BrN5O4S/c1-5-34-24(33)22-15(2)28-25(36)29-23(22)17-8-6-7-9-20(17)35-14-21(32)30-27-13-16-10-11-19(31(3)4)18(26)12-16/h6-13,23H,5,14H2,1-4H3,(H,30,32)(H2,28,29,36)/t23-/m1/s1. The van der Waals surface area contributed by atoms with Gasteiger partial charge in [-0.15, -0.1) is 0 Å². The van der Waals surface area contributed by atoms with Crippen molar-refractivity contribution in [2.24, 2.45) is 5.10 Å². The second-order valence-electron chi connectivity index (χ2n) is 8.02. The van der Waals surface area contributed by atoms with Crippen molar-refractivity contribution in [1.82, 2.24) is 16.1 Å². The van der Waals surface area contributed by atoms with Crippen LogP contribution in [0.15, 0.2) is 63.3 Å². The number of allylic oxidation sites excluding steroid dienone is 1.